The molecular weight excluding hydrogens is 188 g/mol. The number of hydrogen-bond acceptors (Lipinski definition) is 1. The van der Waals surface area contributed by atoms with Gasteiger partial charge in [0.25, 0.3) is 0 Å². The molecule has 0 fully saturated rings. The highest BCUT2D eigenvalue weighted by Crippen LogP contribution is 1.99. The Morgan fingerprint density at radius 2 is 2.15 bits per heavy atom. The lowest BCUT2D eigenvalue weighted by atomic mass is 10.5. The summed E-state index contributed by atoms with van der Waals surface area (Å²) in [6.45, 7) is 6.71. The minimum atomic E-state index is -0.0244. The Bertz CT molecular complexity index is 351. The van der Waals surface area contributed by atoms with Crippen LogP contribution in [0.2, 0.25) is 0 Å². The van der Waals surface area contributed by atoms with Crippen LogP contribution in [0, 0.1) is 0 Å². The van der Waals surface area contributed by atoms with Gasteiger partial charge in [-0.15, -0.1) is 0 Å². The standard InChI is InChI=1S/C9H13ClN2O/c1-3-4-11-5-6-12(9(11)13)7-8(2)10/h5-6H,2-4,7H2,1H3. The van der Waals surface area contributed by atoms with Crippen LogP contribution in [0.5, 0.6) is 0 Å². The largest absolute Gasteiger partial charge is 0.328 e. The van der Waals surface area contributed by atoms with Crippen LogP contribution in [0.3, 0.4) is 0 Å². The van der Waals surface area contributed by atoms with Crippen molar-refractivity contribution in [2.75, 3.05) is 0 Å². The zero-order chi connectivity index (χ0) is 9.84. The van der Waals surface area contributed by atoms with Crippen molar-refractivity contribution in [3.05, 3.63) is 34.5 Å². The highest BCUT2D eigenvalue weighted by Gasteiger charge is 2.01. The third-order valence-electron chi connectivity index (χ3n) is 1.72. The highest BCUT2D eigenvalue weighted by molar-refractivity contribution is 6.29. The van der Waals surface area contributed by atoms with Gasteiger partial charge in [-0.25, -0.2) is 4.79 Å². The fourth-order valence-corrected chi connectivity index (χ4v) is 1.30. The quantitative estimate of drug-likeness (QED) is 0.729. The molecule has 1 rings (SSSR count). The average Bonchev–Trinajstić information content (AvgIpc) is 2.36. The Balaban J connectivity index is 2.86. The van der Waals surface area contributed by atoms with Gasteiger partial charge in [0.15, 0.2) is 0 Å². The van der Waals surface area contributed by atoms with E-state index in [2.05, 4.69) is 6.58 Å². The first kappa shape index (κ1) is 10.1. The van der Waals surface area contributed by atoms with Crippen LogP contribution in [0.4, 0.5) is 0 Å². The van der Waals surface area contributed by atoms with Crippen molar-refractivity contribution in [2.24, 2.45) is 0 Å². The fourth-order valence-electron chi connectivity index (χ4n) is 1.17. The normalized spacial score (nSPS) is 10.3. The lowest BCUT2D eigenvalue weighted by molar-refractivity contribution is 0.626. The van der Waals surface area contributed by atoms with Crippen LogP contribution in [0.1, 0.15) is 13.3 Å². The molecule has 1 aromatic heterocycles. The van der Waals surface area contributed by atoms with Gasteiger partial charge in [-0.3, -0.25) is 9.13 Å². The van der Waals surface area contributed by atoms with Crippen molar-refractivity contribution in [1.29, 1.82) is 0 Å². The number of allylic oxidation sites excluding steroid dienone is 1. The van der Waals surface area contributed by atoms with Gasteiger partial charge in [0.1, 0.15) is 0 Å². The van der Waals surface area contributed by atoms with E-state index in [1.165, 1.54) is 0 Å². The van der Waals surface area contributed by atoms with Gasteiger partial charge < -0.3 is 0 Å². The second-order valence-corrected chi connectivity index (χ2v) is 3.45. The number of nitrogens with zero attached hydrogens (tertiary/aromatic N) is 2. The molecule has 0 aliphatic carbocycles. The number of imidazole rings is 1. The molecular formula is C9H13ClN2O. The molecule has 0 unspecified atom stereocenters. The highest BCUT2D eigenvalue weighted by atomic mass is 35.5. The molecule has 1 heterocycles. The van der Waals surface area contributed by atoms with Crippen LogP contribution < -0.4 is 5.69 Å². The maximum absolute atomic E-state index is 11.5. The molecule has 0 atom stereocenters. The van der Waals surface area contributed by atoms with Crippen molar-refractivity contribution >= 4 is 11.6 Å². The summed E-state index contributed by atoms with van der Waals surface area (Å²) in [5.41, 5.74) is -0.0244. The summed E-state index contributed by atoms with van der Waals surface area (Å²) < 4.78 is 3.21. The summed E-state index contributed by atoms with van der Waals surface area (Å²) >= 11 is 5.61. The van der Waals surface area contributed by atoms with Crippen molar-refractivity contribution < 1.29 is 0 Å². The van der Waals surface area contributed by atoms with E-state index in [0.717, 1.165) is 13.0 Å². The summed E-state index contributed by atoms with van der Waals surface area (Å²) in [6, 6.07) is 0. The first-order chi connectivity index (χ1) is 6.15. The number of hydrogen-bond donors (Lipinski definition) is 0. The topological polar surface area (TPSA) is 26.9 Å². The molecule has 0 spiro atoms. The van der Waals surface area contributed by atoms with E-state index in [4.69, 9.17) is 11.6 Å². The number of rotatable bonds is 4. The summed E-state index contributed by atoms with van der Waals surface area (Å²) in [7, 11) is 0. The molecule has 1 aromatic rings. The molecule has 0 radical (unpaired) electrons. The predicted octanol–water partition coefficient (Wildman–Crippen LogP) is 1.81. The van der Waals surface area contributed by atoms with E-state index in [1.54, 1.807) is 21.5 Å². The summed E-state index contributed by atoms with van der Waals surface area (Å²) in [5.74, 6) is 0. The first-order valence-electron chi connectivity index (χ1n) is 4.24. The molecule has 0 saturated carbocycles. The second-order valence-electron chi connectivity index (χ2n) is 2.92. The molecule has 72 valence electrons. The van der Waals surface area contributed by atoms with Crippen molar-refractivity contribution in [3.63, 3.8) is 0 Å². The molecule has 0 aliphatic rings. The van der Waals surface area contributed by atoms with Crippen LogP contribution in [-0.2, 0) is 13.1 Å². The van der Waals surface area contributed by atoms with E-state index in [1.807, 2.05) is 6.92 Å². The fraction of sp³-hybridized carbons (Fsp3) is 0.444. The van der Waals surface area contributed by atoms with Crippen LogP contribution in [-0.4, -0.2) is 9.13 Å². The zero-order valence-electron chi connectivity index (χ0n) is 7.66. The van der Waals surface area contributed by atoms with Gasteiger partial charge >= 0.3 is 5.69 Å². The average molecular weight is 201 g/mol. The van der Waals surface area contributed by atoms with Gasteiger partial charge in [-0.05, 0) is 6.42 Å². The van der Waals surface area contributed by atoms with Crippen molar-refractivity contribution in [2.45, 2.75) is 26.4 Å². The van der Waals surface area contributed by atoms with Gasteiger partial charge in [0, 0.05) is 24.0 Å². The maximum Gasteiger partial charge on any atom is 0.328 e. The van der Waals surface area contributed by atoms with Crippen LogP contribution in [0.15, 0.2) is 28.8 Å². The smallest absolute Gasteiger partial charge is 0.299 e. The number of halogens is 1. The van der Waals surface area contributed by atoms with Gasteiger partial charge in [-0.1, -0.05) is 25.1 Å². The Morgan fingerprint density at radius 1 is 1.54 bits per heavy atom. The predicted molar refractivity (Wildman–Crippen MR) is 54.0 cm³/mol. The minimum absolute atomic E-state index is 0.0244. The van der Waals surface area contributed by atoms with E-state index in [-0.39, 0.29) is 5.69 Å². The summed E-state index contributed by atoms with van der Waals surface area (Å²) in [6.07, 6.45) is 4.45. The van der Waals surface area contributed by atoms with Gasteiger partial charge in [0.2, 0.25) is 0 Å². The molecule has 0 amide bonds. The van der Waals surface area contributed by atoms with Crippen LogP contribution >= 0.6 is 11.6 Å². The van der Waals surface area contributed by atoms with Gasteiger partial charge in [-0.2, -0.15) is 0 Å². The zero-order valence-corrected chi connectivity index (χ0v) is 8.42. The van der Waals surface area contributed by atoms with E-state index >= 15 is 0 Å². The second kappa shape index (κ2) is 4.33. The third-order valence-corrected chi connectivity index (χ3v) is 1.84. The first-order valence-corrected chi connectivity index (χ1v) is 4.61. The molecule has 3 nitrogen and oxygen atoms in total. The van der Waals surface area contributed by atoms with E-state index in [9.17, 15) is 4.79 Å². The Hall–Kier alpha value is -0.960. The van der Waals surface area contributed by atoms with E-state index in [0.29, 0.717) is 11.6 Å². The SMILES string of the molecule is C=C(Cl)Cn1ccn(CCC)c1=O. The lowest BCUT2D eigenvalue weighted by Gasteiger charge is -1.98. The molecule has 13 heavy (non-hydrogen) atoms. The van der Waals surface area contributed by atoms with Crippen molar-refractivity contribution in [1.82, 2.24) is 9.13 Å². The molecule has 0 saturated heterocycles. The molecule has 0 N–H and O–H groups in total. The molecule has 4 heteroatoms. The summed E-state index contributed by atoms with van der Waals surface area (Å²) in [4.78, 5) is 11.5. The Labute approximate surface area is 82.2 Å². The lowest BCUT2D eigenvalue weighted by Crippen LogP contribution is -2.24. The Morgan fingerprint density at radius 3 is 2.69 bits per heavy atom. The monoisotopic (exact) mass is 200 g/mol. The number of aryl methyl sites for hydroxylation is 1. The third kappa shape index (κ3) is 2.49. The van der Waals surface area contributed by atoms with Crippen molar-refractivity contribution in [3.8, 4) is 0 Å². The summed E-state index contributed by atoms with van der Waals surface area (Å²) in [5, 5.41) is 0.469. The van der Waals surface area contributed by atoms with E-state index < -0.39 is 0 Å². The maximum atomic E-state index is 11.5. The molecule has 0 bridgehead atoms. The van der Waals surface area contributed by atoms with Crippen LogP contribution in [0.25, 0.3) is 0 Å². The Kier molecular flexibility index (Phi) is 3.37. The number of aromatic nitrogens is 2. The molecule has 0 aromatic carbocycles. The minimum Gasteiger partial charge on any atom is -0.299 e. The molecule has 0 aliphatic heterocycles. The van der Waals surface area contributed by atoms with Gasteiger partial charge in [0.05, 0.1) is 6.54 Å².